The Balaban J connectivity index is 1.99. The van der Waals surface area contributed by atoms with Crippen LogP contribution in [0.4, 0.5) is 11.4 Å². The molecule has 2 aromatic rings. The van der Waals surface area contributed by atoms with Crippen molar-refractivity contribution in [2.75, 3.05) is 11.5 Å². The quantitative estimate of drug-likeness (QED) is 0.698. The second-order valence-electron chi connectivity index (χ2n) is 6.22. The van der Waals surface area contributed by atoms with Crippen LogP contribution in [-0.4, -0.2) is 22.7 Å². The maximum absolute atomic E-state index is 10.9. The average Bonchev–Trinajstić information content (AvgIpc) is 2.51. The fourth-order valence-electron chi connectivity index (χ4n) is 3.33. The van der Waals surface area contributed by atoms with E-state index < -0.39 is 0 Å². The van der Waals surface area contributed by atoms with Gasteiger partial charge in [0.05, 0.1) is 17.6 Å². The minimum absolute atomic E-state index is 0.0229. The van der Waals surface area contributed by atoms with Gasteiger partial charge in [0.2, 0.25) is 0 Å². The van der Waals surface area contributed by atoms with Crippen molar-refractivity contribution in [2.24, 2.45) is 0 Å². The third kappa shape index (κ3) is 3.05. The minimum Gasteiger partial charge on any atom is -0.394 e. The van der Waals surface area contributed by atoms with Crippen LogP contribution in [-0.2, 0) is 13.0 Å². The highest BCUT2D eigenvalue weighted by Gasteiger charge is 2.27. The molecule has 120 valence electrons. The van der Waals surface area contributed by atoms with Gasteiger partial charge in [0, 0.05) is 24.4 Å². The molecule has 1 aliphatic heterocycles. The number of aryl methyl sites for hydroxylation is 2. The molecule has 2 aromatic carbocycles. The van der Waals surface area contributed by atoms with Crippen LogP contribution in [0.15, 0.2) is 36.4 Å². The van der Waals surface area contributed by atoms with Gasteiger partial charge < -0.3 is 10.0 Å². The summed E-state index contributed by atoms with van der Waals surface area (Å²) < 4.78 is 0. The van der Waals surface area contributed by atoms with Crippen LogP contribution in [0.3, 0.4) is 0 Å². The maximum Gasteiger partial charge on any atom is 0.269 e. The lowest BCUT2D eigenvalue weighted by atomic mass is 9.93. The molecule has 0 amide bonds. The predicted octanol–water partition coefficient (Wildman–Crippen LogP) is 3.14. The van der Waals surface area contributed by atoms with Crippen LogP contribution >= 0.6 is 0 Å². The lowest BCUT2D eigenvalue weighted by Gasteiger charge is -2.38. The molecule has 3 rings (SSSR count). The standard InChI is InChI=1S/C18H20N2O3/c1-12-5-13(2)7-17(6-12)19-10-14-3-4-16(20(22)23)8-15(14)9-18(19)11-21/h3-8,18,21H,9-11H2,1-2H3. The van der Waals surface area contributed by atoms with Crippen LogP contribution in [0, 0.1) is 24.0 Å². The Labute approximate surface area is 135 Å². The molecule has 5 heteroatoms. The number of nitrogens with zero attached hydrogens (tertiary/aromatic N) is 2. The first kappa shape index (κ1) is 15.5. The summed E-state index contributed by atoms with van der Waals surface area (Å²) >= 11 is 0. The molecule has 1 heterocycles. The zero-order valence-electron chi connectivity index (χ0n) is 13.3. The number of aliphatic hydroxyl groups excluding tert-OH is 1. The van der Waals surface area contributed by atoms with Crippen molar-refractivity contribution >= 4 is 11.4 Å². The molecule has 0 fully saturated rings. The first-order valence-electron chi connectivity index (χ1n) is 7.70. The highest BCUT2D eigenvalue weighted by atomic mass is 16.6. The Morgan fingerprint density at radius 2 is 1.87 bits per heavy atom. The molecule has 0 saturated heterocycles. The summed E-state index contributed by atoms with van der Waals surface area (Å²) in [7, 11) is 0. The van der Waals surface area contributed by atoms with Crippen LogP contribution in [0.5, 0.6) is 0 Å². The lowest BCUT2D eigenvalue weighted by molar-refractivity contribution is -0.384. The zero-order valence-corrected chi connectivity index (χ0v) is 13.3. The van der Waals surface area contributed by atoms with Gasteiger partial charge in [0.1, 0.15) is 0 Å². The lowest BCUT2D eigenvalue weighted by Crippen LogP contribution is -2.43. The third-order valence-electron chi connectivity index (χ3n) is 4.39. The van der Waals surface area contributed by atoms with Gasteiger partial charge in [-0.15, -0.1) is 0 Å². The molecular weight excluding hydrogens is 292 g/mol. The topological polar surface area (TPSA) is 66.6 Å². The molecular formula is C18H20N2O3. The van der Waals surface area contributed by atoms with Crippen molar-refractivity contribution in [3.8, 4) is 0 Å². The largest absolute Gasteiger partial charge is 0.394 e. The second kappa shape index (κ2) is 6.01. The summed E-state index contributed by atoms with van der Waals surface area (Å²) in [5.41, 5.74) is 5.61. The molecule has 1 atom stereocenters. The maximum atomic E-state index is 10.9. The van der Waals surface area contributed by atoms with E-state index in [2.05, 4.69) is 36.9 Å². The first-order chi connectivity index (χ1) is 11.0. The highest BCUT2D eigenvalue weighted by Crippen LogP contribution is 2.31. The summed E-state index contributed by atoms with van der Waals surface area (Å²) in [5.74, 6) is 0. The Kier molecular flexibility index (Phi) is 4.05. The summed E-state index contributed by atoms with van der Waals surface area (Å²) in [6.45, 7) is 4.80. The van der Waals surface area contributed by atoms with Gasteiger partial charge in [0.25, 0.3) is 5.69 Å². The molecule has 1 unspecified atom stereocenters. The van der Waals surface area contributed by atoms with Crippen molar-refractivity contribution in [2.45, 2.75) is 32.9 Å². The number of nitro groups is 1. The van der Waals surface area contributed by atoms with Crippen molar-refractivity contribution in [3.05, 3.63) is 68.8 Å². The van der Waals surface area contributed by atoms with Gasteiger partial charge in [-0.25, -0.2) is 0 Å². The monoisotopic (exact) mass is 312 g/mol. The van der Waals surface area contributed by atoms with Gasteiger partial charge in [-0.3, -0.25) is 10.1 Å². The van der Waals surface area contributed by atoms with E-state index in [0.29, 0.717) is 13.0 Å². The molecule has 1 N–H and O–H groups in total. The number of hydrogen-bond acceptors (Lipinski definition) is 4. The van der Waals surface area contributed by atoms with Gasteiger partial charge in [-0.1, -0.05) is 12.1 Å². The van der Waals surface area contributed by atoms with Gasteiger partial charge in [0.15, 0.2) is 0 Å². The van der Waals surface area contributed by atoms with Crippen molar-refractivity contribution in [3.63, 3.8) is 0 Å². The number of non-ortho nitro benzene ring substituents is 1. The SMILES string of the molecule is Cc1cc(C)cc(N2Cc3ccc([N+](=O)[O-])cc3CC2CO)c1. The van der Waals surface area contributed by atoms with E-state index in [1.165, 1.54) is 11.1 Å². The molecule has 0 aliphatic carbocycles. The minimum atomic E-state index is -0.371. The average molecular weight is 312 g/mol. The molecule has 0 bridgehead atoms. The molecule has 0 saturated carbocycles. The van der Waals surface area contributed by atoms with Gasteiger partial charge >= 0.3 is 0 Å². The van der Waals surface area contributed by atoms with Crippen LogP contribution < -0.4 is 4.90 Å². The van der Waals surface area contributed by atoms with Crippen LogP contribution in [0.2, 0.25) is 0 Å². The third-order valence-corrected chi connectivity index (χ3v) is 4.39. The summed E-state index contributed by atoms with van der Waals surface area (Å²) in [6, 6.07) is 11.3. The van der Waals surface area contributed by atoms with E-state index in [1.807, 2.05) is 6.07 Å². The Morgan fingerprint density at radius 3 is 2.48 bits per heavy atom. The number of hydrogen-bond donors (Lipinski definition) is 1. The molecule has 23 heavy (non-hydrogen) atoms. The summed E-state index contributed by atoms with van der Waals surface area (Å²) in [4.78, 5) is 12.8. The molecule has 0 aromatic heterocycles. The Hall–Kier alpha value is -2.40. The van der Waals surface area contributed by atoms with E-state index in [9.17, 15) is 15.2 Å². The second-order valence-corrected chi connectivity index (χ2v) is 6.22. The van der Waals surface area contributed by atoms with Crippen molar-refractivity contribution < 1.29 is 10.0 Å². The number of nitro benzene ring substituents is 1. The van der Waals surface area contributed by atoms with Gasteiger partial charge in [-0.2, -0.15) is 0 Å². The Bertz CT molecular complexity index is 738. The van der Waals surface area contributed by atoms with E-state index in [1.54, 1.807) is 12.1 Å². The fraction of sp³-hybridized carbons (Fsp3) is 0.333. The molecule has 5 nitrogen and oxygen atoms in total. The molecule has 1 aliphatic rings. The normalized spacial score (nSPS) is 17.0. The van der Waals surface area contributed by atoms with E-state index in [-0.39, 0.29) is 23.3 Å². The predicted molar refractivity (Wildman–Crippen MR) is 89.8 cm³/mol. The first-order valence-corrected chi connectivity index (χ1v) is 7.70. The molecule has 0 radical (unpaired) electrons. The number of benzene rings is 2. The van der Waals surface area contributed by atoms with Crippen molar-refractivity contribution in [1.29, 1.82) is 0 Å². The summed E-state index contributed by atoms with van der Waals surface area (Å²) in [6.07, 6.45) is 0.612. The summed E-state index contributed by atoms with van der Waals surface area (Å²) in [5, 5.41) is 20.7. The Morgan fingerprint density at radius 1 is 1.17 bits per heavy atom. The van der Waals surface area contributed by atoms with E-state index in [4.69, 9.17) is 0 Å². The fourth-order valence-corrected chi connectivity index (χ4v) is 3.33. The van der Waals surface area contributed by atoms with E-state index >= 15 is 0 Å². The zero-order chi connectivity index (χ0) is 16.6. The molecule has 0 spiro atoms. The van der Waals surface area contributed by atoms with Crippen molar-refractivity contribution in [1.82, 2.24) is 0 Å². The van der Waals surface area contributed by atoms with Crippen LogP contribution in [0.25, 0.3) is 0 Å². The number of anilines is 1. The smallest absolute Gasteiger partial charge is 0.269 e. The number of rotatable bonds is 3. The van der Waals surface area contributed by atoms with Crippen LogP contribution in [0.1, 0.15) is 22.3 Å². The van der Waals surface area contributed by atoms with E-state index in [0.717, 1.165) is 16.8 Å². The number of fused-ring (bicyclic) bond motifs is 1. The highest BCUT2D eigenvalue weighted by molar-refractivity contribution is 5.55. The number of aliphatic hydroxyl groups is 1. The van der Waals surface area contributed by atoms with Gasteiger partial charge in [-0.05, 0) is 54.7 Å².